The number of Topliss-reactive ketones (excluding diaryl/α,β-unsaturated/α-hetero) is 2. The molecule has 1 saturated heterocycles. The second-order valence-electron chi connectivity index (χ2n) is 12.6. The molecule has 1 aromatic carbocycles. The maximum atomic E-state index is 14.5. The van der Waals surface area contributed by atoms with E-state index in [-0.39, 0.29) is 24.2 Å². The first-order valence-corrected chi connectivity index (χ1v) is 13.8. The van der Waals surface area contributed by atoms with Crippen molar-refractivity contribution in [2.75, 3.05) is 13.7 Å². The number of esters is 2. The number of rotatable bonds is 4. The molecule has 2 saturated carbocycles. The molecule has 0 radical (unpaired) electrons. The second kappa shape index (κ2) is 9.33. The number of carbonyl (C=O) groups excluding carboxylic acids is 4. The average molecular weight is 555 g/mol. The first kappa shape index (κ1) is 28.6. The van der Waals surface area contributed by atoms with E-state index in [9.17, 15) is 24.3 Å². The molecule has 0 spiro atoms. The molecule has 9 heteroatoms. The van der Waals surface area contributed by atoms with Crippen LogP contribution in [0.25, 0.3) is 0 Å². The molecule has 1 aliphatic heterocycles. The van der Waals surface area contributed by atoms with Crippen LogP contribution >= 0.6 is 0 Å². The van der Waals surface area contributed by atoms with Gasteiger partial charge in [-0.25, -0.2) is 4.79 Å². The lowest BCUT2D eigenvalue weighted by molar-refractivity contribution is -0.338. The Kier molecular flexibility index (Phi) is 6.68. The van der Waals surface area contributed by atoms with E-state index in [1.54, 1.807) is 58.0 Å². The molecule has 216 valence electrons. The highest BCUT2D eigenvalue weighted by molar-refractivity contribution is 6.46. The third kappa shape index (κ3) is 3.63. The Bertz CT molecular complexity index is 1300. The molecule has 1 N–H and O–H groups in total. The fourth-order valence-electron chi connectivity index (χ4n) is 7.98. The third-order valence-electron chi connectivity index (χ3n) is 10.5. The molecule has 8 atom stereocenters. The number of methoxy groups -OCH3 is 1. The van der Waals surface area contributed by atoms with Crippen LogP contribution in [0.4, 0.5) is 0 Å². The molecule has 40 heavy (non-hydrogen) atoms. The van der Waals surface area contributed by atoms with Crippen molar-refractivity contribution in [2.45, 2.75) is 83.9 Å². The molecule has 1 heterocycles. The Morgan fingerprint density at radius 3 is 2.30 bits per heavy atom. The van der Waals surface area contributed by atoms with Gasteiger partial charge in [0.05, 0.1) is 24.2 Å². The predicted molar refractivity (Wildman–Crippen MR) is 142 cm³/mol. The first-order valence-electron chi connectivity index (χ1n) is 13.8. The second-order valence-corrected chi connectivity index (χ2v) is 12.6. The molecule has 9 nitrogen and oxygen atoms in total. The van der Waals surface area contributed by atoms with Gasteiger partial charge in [0.2, 0.25) is 11.6 Å². The monoisotopic (exact) mass is 554 g/mol. The Hall–Kier alpha value is -2.88. The van der Waals surface area contributed by atoms with Crippen LogP contribution in [0.1, 0.15) is 64.7 Å². The van der Waals surface area contributed by atoms with E-state index in [1.807, 2.05) is 6.92 Å². The zero-order chi connectivity index (χ0) is 29.4. The lowest BCUT2D eigenvalue weighted by Crippen LogP contribution is -2.80. The number of hydrogen-bond donors (Lipinski definition) is 1. The van der Waals surface area contributed by atoms with E-state index in [1.165, 1.54) is 14.0 Å². The fourth-order valence-corrected chi connectivity index (χ4v) is 7.98. The van der Waals surface area contributed by atoms with Crippen molar-refractivity contribution in [1.82, 2.24) is 0 Å². The summed E-state index contributed by atoms with van der Waals surface area (Å²) in [5, 5.41) is 12.9. The standard InChI is InChI=1S/C31H38O9/c1-16-13-21-30(15-38-21,40-18(3)32)24-26(39-27(35)19-11-9-8-10-12-19)31(36)14-20(37-7)17(2)22(28(31,4)5)23(33)25(34)29(16,24)6/h8-12,16,20-21,24,26,36H,13-15H2,1-7H3/t16-,20-,21?,24-,26-,29+,30-,31+/m0/s1. The van der Waals surface area contributed by atoms with Gasteiger partial charge in [-0.1, -0.05) is 45.9 Å². The number of aliphatic hydroxyl groups is 1. The van der Waals surface area contributed by atoms with Crippen LogP contribution in [0, 0.1) is 22.7 Å². The Morgan fingerprint density at radius 1 is 1.10 bits per heavy atom. The lowest BCUT2D eigenvalue weighted by Gasteiger charge is -2.67. The molecule has 0 amide bonds. The van der Waals surface area contributed by atoms with Crippen LogP contribution in [0.2, 0.25) is 0 Å². The molecule has 1 aromatic rings. The SMILES string of the molecule is CO[C@H]1C[C@@]2(O)[C@@H](OC(=O)c3ccccc3)[C@H]3[C@](C)(C(=O)C(=O)C(=C1C)C2(C)C)[C@@H](C)CC1OC[C@]13OC(C)=O. The molecular weight excluding hydrogens is 516 g/mol. The number of hydrogen-bond acceptors (Lipinski definition) is 9. The summed E-state index contributed by atoms with van der Waals surface area (Å²) >= 11 is 0. The van der Waals surface area contributed by atoms with Crippen molar-refractivity contribution in [3.8, 4) is 0 Å². The average Bonchev–Trinajstić information content (AvgIpc) is 2.90. The highest BCUT2D eigenvalue weighted by Gasteiger charge is 2.77. The minimum Gasteiger partial charge on any atom is -0.455 e. The zero-order valence-corrected chi connectivity index (χ0v) is 24.1. The Morgan fingerprint density at radius 2 is 1.75 bits per heavy atom. The molecule has 5 rings (SSSR count). The van der Waals surface area contributed by atoms with Crippen molar-refractivity contribution in [2.24, 2.45) is 22.7 Å². The van der Waals surface area contributed by atoms with Crippen LogP contribution in [0.5, 0.6) is 0 Å². The van der Waals surface area contributed by atoms with Gasteiger partial charge < -0.3 is 24.1 Å². The minimum atomic E-state index is -1.89. The zero-order valence-electron chi connectivity index (χ0n) is 24.1. The lowest BCUT2D eigenvalue weighted by atomic mass is 9.43. The van der Waals surface area contributed by atoms with Crippen LogP contribution in [0.15, 0.2) is 41.5 Å². The van der Waals surface area contributed by atoms with Gasteiger partial charge in [0, 0.05) is 36.9 Å². The van der Waals surface area contributed by atoms with Gasteiger partial charge in [-0.3, -0.25) is 14.4 Å². The number of ether oxygens (including phenoxy) is 4. The fraction of sp³-hybridized carbons (Fsp3) is 0.613. The van der Waals surface area contributed by atoms with Gasteiger partial charge >= 0.3 is 11.9 Å². The molecule has 3 fully saturated rings. The van der Waals surface area contributed by atoms with Crippen molar-refractivity contribution in [3.63, 3.8) is 0 Å². The van der Waals surface area contributed by atoms with Gasteiger partial charge in [0.15, 0.2) is 5.60 Å². The van der Waals surface area contributed by atoms with Crippen molar-refractivity contribution in [1.29, 1.82) is 0 Å². The number of carbonyl (C=O) groups is 4. The van der Waals surface area contributed by atoms with E-state index < -0.39 is 75.7 Å². The first-order chi connectivity index (χ1) is 18.7. The largest absolute Gasteiger partial charge is 0.455 e. The van der Waals surface area contributed by atoms with Crippen LogP contribution in [-0.4, -0.2) is 71.8 Å². The van der Waals surface area contributed by atoms with E-state index in [0.717, 1.165) is 0 Å². The molecule has 0 aromatic heterocycles. The van der Waals surface area contributed by atoms with Gasteiger partial charge in [-0.2, -0.15) is 0 Å². The molecule has 1 unspecified atom stereocenters. The number of ketones is 2. The van der Waals surface area contributed by atoms with Crippen molar-refractivity contribution >= 4 is 23.5 Å². The Balaban J connectivity index is 1.83. The van der Waals surface area contributed by atoms with Crippen molar-refractivity contribution < 1.29 is 43.2 Å². The molecular formula is C31H38O9. The summed E-state index contributed by atoms with van der Waals surface area (Å²) in [6.45, 7) is 9.85. The van der Waals surface area contributed by atoms with Crippen LogP contribution in [0.3, 0.4) is 0 Å². The highest BCUT2D eigenvalue weighted by atomic mass is 16.6. The maximum Gasteiger partial charge on any atom is 0.338 e. The predicted octanol–water partition coefficient (Wildman–Crippen LogP) is 3.22. The topological polar surface area (TPSA) is 125 Å². The van der Waals surface area contributed by atoms with Gasteiger partial charge in [-0.15, -0.1) is 0 Å². The highest BCUT2D eigenvalue weighted by Crippen LogP contribution is 2.64. The molecule has 3 aliphatic carbocycles. The van der Waals surface area contributed by atoms with Gasteiger partial charge in [-0.05, 0) is 37.0 Å². The van der Waals surface area contributed by atoms with E-state index in [4.69, 9.17) is 18.9 Å². The molecule has 2 bridgehead atoms. The summed E-state index contributed by atoms with van der Waals surface area (Å²) in [6, 6.07) is 8.37. The van der Waals surface area contributed by atoms with Gasteiger partial charge in [0.25, 0.3) is 0 Å². The summed E-state index contributed by atoms with van der Waals surface area (Å²) < 4.78 is 23.9. The van der Waals surface area contributed by atoms with Gasteiger partial charge in [0.1, 0.15) is 17.8 Å². The Labute approximate surface area is 234 Å². The number of fused-ring (bicyclic) bond motifs is 5. The minimum absolute atomic E-state index is 0.0112. The van der Waals surface area contributed by atoms with Crippen molar-refractivity contribution in [3.05, 3.63) is 47.0 Å². The maximum absolute atomic E-state index is 14.5. The summed E-state index contributed by atoms with van der Waals surface area (Å²) in [5.41, 5.74) is -5.09. The third-order valence-corrected chi connectivity index (χ3v) is 10.5. The van der Waals surface area contributed by atoms with Crippen LogP contribution < -0.4 is 0 Å². The normalized spacial score (nSPS) is 40.1. The van der Waals surface area contributed by atoms with E-state index in [2.05, 4.69) is 0 Å². The number of benzene rings is 1. The summed E-state index contributed by atoms with van der Waals surface area (Å²) in [6.07, 6.45) is -2.35. The van der Waals surface area contributed by atoms with Crippen LogP contribution in [-0.2, 0) is 33.3 Å². The molecule has 4 aliphatic rings. The van der Waals surface area contributed by atoms with E-state index >= 15 is 0 Å². The summed E-state index contributed by atoms with van der Waals surface area (Å²) in [4.78, 5) is 54.9. The van der Waals surface area contributed by atoms with E-state index in [0.29, 0.717) is 12.0 Å². The summed E-state index contributed by atoms with van der Waals surface area (Å²) in [5.74, 6) is -4.18. The summed E-state index contributed by atoms with van der Waals surface area (Å²) in [7, 11) is 1.47. The quantitative estimate of drug-likeness (QED) is 0.441. The smallest absolute Gasteiger partial charge is 0.338 e.